The highest BCUT2D eigenvalue weighted by molar-refractivity contribution is 5.92. The summed E-state index contributed by atoms with van der Waals surface area (Å²) in [7, 11) is 0. The smallest absolute Gasteiger partial charge is 0.155 e. The number of carbonyl (C=O) groups excluding carboxylic acids is 1. The van der Waals surface area contributed by atoms with Gasteiger partial charge in [0, 0.05) is 11.8 Å². The van der Waals surface area contributed by atoms with Crippen molar-refractivity contribution < 1.29 is 14.6 Å². The van der Waals surface area contributed by atoms with E-state index in [-0.39, 0.29) is 5.78 Å². The molecule has 0 aromatic carbocycles. The fraction of sp³-hybridized carbons (Fsp3) is 0.833. The molecule has 1 saturated heterocycles. The Morgan fingerprint density at radius 2 is 2.00 bits per heavy atom. The molecule has 114 valence electrons. The van der Waals surface area contributed by atoms with E-state index in [4.69, 9.17) is 4.74 Å². The SMILES string of the molecule is O=C1C=C2CC[C@H]3[C@@H]4CCC5OC[C@@]54CC[C@@H]3[C@@]2(O)CC1. The van der Waals surface area contributed by atoms with Gasteiger partial charge in [0.2, 0.25) is 0 Å². The van der Waals surface area contributed by atoms with Crippen LogP contribution in [-0.4, -0.2) is 29.2 Å². The molecule has 1 spiro atoms. The number of ketones is 1. The first-order chi connectivity index (χ1) is 10.1. The number of ether oxygens (including phenoxy) is 1. The van der Waals surface area contributed by atoms with Crippen LogP contribution in [0.5, 0.6) is 0 Å². The molecule has 1 aliphatic heterocycles. The lowest BCUT2D eigenvalue weighted by molar-refractivity contribution is -0.227. The molecule has 5 aliphatic rings. The second-order valence-corrected chi connectivity index (χ2v) is 8.12. The Balaban J connectivity index is 1.51. The van der Waals surface area contributed by atoms with Crippen molar-refractivity contribution in [2.45, 2.75) is 63.1 Å². The number of rotatable bonds is 0. The van der Waals surface area contributed by atoms with Crippen LogP contribution < -0.4 is 0 Å². The zero-order valence-electron chi connectivity index (χ0n) is 12.5. The first-order valence-electron chi connectivity index (χ1n) is 8.71. The molecule has 5 rings (SSSR count). The Labute approximate surface area is 125 Å². The van der Waals surface area contributed by atoms with Crippen molar-refractivity contribution in [3.8, 4) is 0 Å². The van der Waals surface area contributed by atoms with Gasteiger partial charge in [-0.1, -0.05) is 0 Å². The van der Waals surface area contributed by atoms with Crippen molar-refractivity contribution >= 4 is 5.78 Å². The fourth-order valence-corrected chi connectivity index (χ4v) is 6.62. The van der Waals surface area contributed by atoms with E-state index in [0.29, 0.717) is 36.2 Å². The van der Waals surface area contributed by atoms with E-state index < -0.39 is 5.60 Å². The zero-order chi connectivity index (χ0) is 14.2. The van der Waals surface area contributed by atoms with Crippen molar-refractivity contribution in [2.24, 2.45) is 23.2 Å². The van der Waals surface area contributed by atoms with Gasteiger partial charge in [0.05, 0.1) is 18.3 Å². The largest absolute Gasteiger partial charge is 0.385 e. The average Bonchev–Trinajstić information content (AvgIpc) is 2.72. The van der Waals surface area contributed by atoms with Gasteiger partial charge in [-0.2, -0.15) is 0 Å². The predicted octanol–water partition coefficient (Wildman–Crippen LogP) is 2.62. The maximum atomic E-state index is 11.7. The number of fused-ring (bicyclic) bond motifs is 4. The van der Waals surface area contributed by atoms with E-state index in [2.05, 4.69) is 0 Å². The lowest BCUT2D eigenvalue weighted by atomic mass is 9.49. The second kappa shape index (κ2) is 3.99. The molecule has 0 aromatic heterocycles. The van der Waals surface area contributed by atoms with Crippen LogP contribution in [0.25, 0.3) is 0 Å². The Morgan fingerprint density at radius 1 is 1.10 bits per heavy atom. The summed E-state index contributed by atoms with van der Waals surface area (Å²) in [4.78, 5) is 11.7. The van der Waals surface area contributed by atoms with Crippen LogP contribution in [-0.2, 0) is 9.53 Å². The summed E-state index contributed by atoms with van der Waals surface area (Å²) in [5.74, 6) is 2.02. The summed E-state index contributed by atoms with van der Waals surface area (Å²) in [6.07, 6.45) is 10.5. The maximum Gasteiger partial charge on any atom is 0.155 e. The summed E-state index contributed by atoms with van der Waals surface area (Å²) in [6, 6.07) is 0. The Bertz CT molecular complexity index is 539. The van der Waals surface area contributed by atoms with Crippen molar-refractivity contribution in [2.75, 3.05) is 6.61 Å². The van der Waals surface area contributed by atoms with Crippen molar-refractivity contribution in [1.82, 2.24) is 0 Å². The molecule has 0 aromatic rings. The Kier molecular flexibility index (Phi) is 2.44. The van der Waals surface area contributed by atoms with Crippen LogP contribution in [0.1, 0.15) is 51.4 Å². The highest BCUT2D eigenvalue weighted by Crippen LogP contribution is 2.66. The summed E-state index contributed by atoms with van der Waals surface area (Å²) < 4.78 is 5.82. The molecule has 1 unspecified atom stereocenters. The zero-order valence-corrected chi connectivity index (χ0v) is 12.5. The lowest BCUT2D eigenvalue weighted by Crippen LogP contribution is -2.61. The third kappa shape index (κ3) is 1.45. The minimum Gasteiger partial charge on any atom is -0.385 e. The van der Waals surface area contributed by atoms with Gasteiger partial charge in [-0.05, 0) is 74.3 Å². The van der Waals surface area contributed by atoms with Crippen molar-refractivity contribution in [1.29, 1.82) is 0 Å². The number of hydrogen-bond donors (Lipinski definition) is 1. The Hall–Kier alpha value is -0.670. The second-order valence-electron chi connectivity index (χ2n) is 8.12. The average molecular weight is 288 g/mol. The maximum absolute atomic E-state index is 11.7. The van der Waals surface area contributed by atoms with Crippen LogP contribution >= 0.6 is 0 Å². The molecular formula is C18H24O3. The minimum atomic E-state index is -0.666. The molecule has 3 heteroatoms. The van der Waals surface area contributed by atoms with Gasteiger partial charge in [0.25, 0.3) is 0 Å². The van der Waals surface area contributed by atoms with Crippen molar-refractivity contribution in [3.63, 3.8) is 0 Å². The quantitative estimate of drug-likeness (QED) is 0.745. The standard InChI is InChI=1S/C18H24O3/c19-12-5-8-18(20)11(9-12)1-2-13-14-3-4-16-17(14,10-21-16)7-6-15(13)18/h9,13-16,20H,1-8,10H2/t13-,14-,15-,16?,17+,18+/m0/s1. The summed E-state index contributed by atoms with van der Waals surface area (Å²) in [5.41, 5.74) is 0.847. The molecule has 3 saturated carbocycles. The number of hydrogen-bond acceptors (Lipinski definition) is 3. The lowest BCUT2D eigenvalue weighted by Gasteiger charge is -2.60. The van der Waals surface area contributed by atoms with Crippen LogP contribution in [0.3, 0.4) is 0 Å². The van der Waals surface area contributed by atoms with Crippen molar-refractivity contribution in [3.05, 3.63) is 11.6 Å². The van der Waals surface area contributed by atoms with Gasteiger partial charge in [0.15, 0.2) is 5.78 Å². The van der Waals surface area contributed by atoms with Crippen LogP contribution in [0.4, 0.5) is 0 Å². The van der Waals surface area contributed by atoms with Gasteiger partial charge in [-0.3, -0.25) is 4.79 Å². The molecule has 3 nitrogen and oxygen atoms in total. The van der Waals surface area contributed by atoms with E-state index in [9.17, 15) is 9.90 Å². The van der Waals surface area contributed by atoms with Gasteiger partial charge in [-0.25, -0.2) is 0 Å². The van der Waals surface area contributed by atoms with Crippen LogP contribution in [0, 0.1) is 23.2 Å². The predicted molar refractivity (Wildman–Crippen MR) is 77.6 cm³/mol. The van der Waals surface area contributed by atoms with Gasteiger partial charge in [0.1, 0.15) is 0 Å². The van der Waals surface area contributed by atoms with E-state index in [0.717, 1.165) is 30.9 Å². The molecule has 4 fully saturated rings. The van der Waals surface area contributed by atoms with E-state index in [1.807, 2.05) is 0 Å². The van der Waals surface area contributed by atoms with E-state index >= 15 is 0 Å². The first kappa shape index (κ1) is 12.8. The van der Waals surface area contributed by atoms with E-state index in [1.54, 1.807) is 6.08 Å². The summed E-state index contributed by atoms with van der Waals surface area (Å²) >= 11 is 0. The molecule has 21 heavy (non-hydrogen) atoms. The highest BCUT2D eigenvalue weighted by atomic mass is 16.5. The number of carbonyl (C=O) groups is 1. The molecule has 0 radical (unpaired) electrons. The molecule has 0 amide bonds. The summed E-state index contributed by atoms with van der Waals surface area (Å²) in [5, 5.41) is 11.3. The topological polar surface area (TPSA) is 46.5 Å². The minimum absolute atomic E-state index is 0.216. The van der Waals surface area contributed by atoms with Crippen LogP contribution in [0.2, 0.25) is 0 Å². The molecule has 4 aliphatic carbocycles. The normalized spacial score (nSPS) is 54.7. The van der Waals surface area contributed by atoms with Crippen LogP contribution in [0.15, 0.2) is 11.6 Å². The molecule has 1 N–H and O–H groups in total. The van der Waals surface area contributed by atoms with Gasteiger partial charge >= 0.3 is 0 Å². The summed E-state index contributed by atoms with van der Waals surface area (Å²) in [6.45, 7) is 0.963. The van der Waals surface area contributed by atoms with Gasteiger partial charge in [-0.15, -0.1) is 0 Å². The molecular weight excluding hydrogens is 264 g/mol. The molecule has 6 atom stereocenters. The molecule has 1 heterocycles. The highest BCUT2D eigenvalue weighted by Gasteiger charge is 2.65. The number of aliphatic hydroxyl groups is 1. The fourth-order valence-electron chi connectivity index (χ4n) is 6.62. The third-order valence-corrected chi connectivity index (χ3v) is 7.63. The van der Waals surface area contributed by atoms with E-state index in [1.165, 1.54) is 25.7 Å². The monoisotopic (exact) mass is 288 g/mol. The Morgan fingerprint density at radius 3 is 2.81 bits per heavy atom. The molecule has 0 bridgehead atoms. The third-order valence-electron chi connectivity index (χ3n) is 7.63. The van der Waals surface area contributed by atoms with Gasteiger partial charge < -0.3 is 9.84 Å². The first-order valence-corrected chi connectivity index (χ1v) is 8.71.